The van der Waals surface area contributed by atoms with Crippen LogP contribution in [0.4, 0.5) is 0 Å². The fourth-order valence-electron chi connectivity index (χ4n) is 6.10. The predicted molar refractivity (Wildman–Crippen MR) is 213 cm³/mol. The monoisotopic (exact) mass is 651 g/mol. The molecule has 3 nitrogen and oxygen atoms in total. The lowest BCUT2D eigenvalue weighted by atomic mass is 9.95. The minimum atomic E-state index is 0.417. The molecule has 1 aliphatic carbocycles. The summed E-state index contributed by atoms with van der Waals surface area (Å²) in [5.74, 6) is 1.36. The fraction of sp³-hybridized carbons (Fsp3) is 0.489. The Kier molecular flexibility index (Phi) is 18.7. The molecule has 0 aromatic heterocycles. The van der Waals surface area contributed by atoms with Crippen LogP contribution in [-0.2, 0) is 6.42 Å². The summed E-state index contributed by atoms with van der Waals surface area (Å²) in [5, 5.41) is 0. The van der Waals surface area contributed by atoms with E-state index < -0.39 is 0 Å². The minimum Gasteiger partial charge on any atom is -0.489 e. The number of ether oxygens (including phenoxy) is 1. The second-order valence-electron chi connectivity index (χ2n) is 13.3. The van der Waals surface area contributed by atoms with Gasteiger partial charge in [-0.15, -0.1) is 0 Å². The molecule has 262 valence electrons. The van der Waals surface area contributed by atoms with Crippen LogP contribution in [0.1, 0.15) is 118 Å². The Hall–Kier alpha value is -3.59. The van der Waals surface area contributed by atoms with Crippen molar-refractivity contribution in [3.8, 4) is 5.75 Å². The first-order valence-electron chi connectivity index (χ1n) is 18.6. The van der Waals surface area contributed by atoms with E-state index in [1.165, 1.54) is 28.0 Å². The lowest BCUT2D eigenvalue weighted by Crippen LogP contribution is -2.25. The van der Waals surface area contributed by atoms with Gasteiger partial charge in [0.25, 0.3) is 0 Å². The van der Waals surface area contributed by atoms with E-state index in [-0.39, 0.29) is 0 Å². The Morgan fingerprint density at radius 3 is 2.38 bits per heavy atom. The average molecular weight is 651 g/mol. The number of hydrogen-bond acceptors (Lipinski definition) is 3. The van der Waals surface area contributed by atoms with Crippen molar-refractivity contribution in [3.05, 3.63) is 124 Å². The molecule has 48 heavy (non-hydrogen) atoms. The Balaban J connectivity index is 2.41. The topological polar surface area (TPSA) is 24.8 Å². The van der Waals surface area contributed by atoms with Crippen molar-refractivity contribution in [2.24, 2.45) is 10.9 Å². The van der Waals surface area contributed by atoms with E-state index in [9.17, 15) is 0 Å². The number of aryl methyl sites for hydroxylation is 2. The van der Waals surface area contributed by atoms with Crippen molar-refractivity contribution in [2.45, 2.75) is 121 Å². The van der Waals surface area contributed by atoms with Gasteiger partial charge in [-0.25, -0.2) is 0 Å². The Labute approximate surface area is 295 Å². The number of rotatable bonds is 20. The molecule has 0 saturated carbocycles. The summed E-state index contributed by atoms with van der Waals surface area (Å²) in [4.78, 5) is 8.00. The lowest BCUT2D eigenvalue weighted by molar-refractivity contribution is 0.339. The number of aliphatic imine (C=N–C) groups is 1. The Morgan fingerprint density at radius 2 is 1.75 bits per heavy atom. The standard InChI is InChI=1S/C45H66N2O/c1-12-17-19-26-44(35(8)9)47(29-13-2)30-21-18-20-25-43(46-37(11)41-31-38(14-3)23-22-24-40(41)16-5)42(34(6)7)33-48-45-32-39(15-4)28-27-36(45)10/h12,17,19,22-24,26-28,31-32,38H,6,13-16,18,20-21,25,29-30,33H2,1-5,7-11H3/b17-12-,26-19-,43-42-,46-37?. The van der Waals surface area contributed by atoms with Crippen molar-refractivity contribution >= 4 is 5.71 Å². The smallest absolute Gasteiger partial charge is 0.122 e. The SMILES string of the molecule is C=C(C)/C(COc1cc(CC)ccc1C)=C(/CCCCCN(CCC)C(/C=C\C=C/C)=C(C)C)N=C(C)C1=CC(CC)C=CC=C1CC. The van der Waals surface area contributed by atoms with E-state index in [0.717, 1.165) is 98.3 Å². The van der Waals surface area contributed by atoms with Crippen LogP contribution in [0.3, 0.4) is 0 Å². The number of unbranched alkanes of at least 4 members (excludes halogenated alkanes) is 2. The molecule has 2 rings (SSSR count). The van der Waals surface area contributed by atoms with Gasteiger partial charge < -0.3 is 9.64 Å². The van der Waals surface area contributed by atoms with Gasteiger partial charge in [-0.3, -0.25) is 4.99 Å². The Morgan fingerprint density at radius 1 is 0.979 bits per heavy atom. The van der Waals surface area contributed by atoms with Crippen LogP contribution in [0.25, 0.3) is 0 Å². The van der Waals surface area contributed by atoms with Crippen LogP contribution in [0.2, 0.25) is 0 Å². The highest BCUT2D eigenvalue weighted by Crippen LogP contribution is 2.28. The van der Waals surface area contributed by atoms with E-state index >= 15 is 0 Å². The van der Waals surface area contributed by atoms with E-state index in [1.807, 2.05) is 0 Å². The van der Waals surface area contributed by atoms with E-state index in [1.54, 1.807) is 0 Å². The van der Waals surface area contributed by atoms with Crippen LogP contribution in [0, 0.1) is 12.8 Å². The summed E-state index contributed by atoms with van der Waals surface area (Å²) in [6.45, 7) is 28.9. The van der Waals surface area contributed by atoms with Gasteiger partial charge in [0.2, 0.25) is 0 Å². The molecule has 0 spiro atoms. The molecule has 1 aromatic carbocycles. The van der Waals surface area contributed by atoms with Crippen molar-refractivity contribution < 1.29 is 4.74 Å². The van der Waals surface area contributed by atoms with Gasteiger partial charge in [0.05, 0.1) is 0 Å². The van der Waals surface area contributed by atoms with Crippen LogP contribution in [-0.4, -0.2) is 30.3 Å². The highest BCUT2D eigenvalue weighted by molar-refractivity contribution is 6.03. The molecule has 1 aromatic rings. The summed E-state index contributed by atoms with van der Waals surface area (Å²) < 4.78 is 6.54. The molecule has 1 aliphatic rings. The molecule has 3 heteroatoms. The third-order valence-electron chi connectivity index (χ3n) is 9.07. The van der Waals surface area contributed by atoms with Gasteiger partial charge in [-0.2, -0.15) is 0 Å². The molecule has 0 radical (unpaired) electrons. The zero-order valence-electron chi connectivity index (χ0n) is 32.2. The first-order chi connectivity index (χ1) is 23.1. The summed E-state index contributed by atoms with van der Waals surface area (Å²) in [5.41, 5.74) is 12.1. The van der Waals surface area contributed by atoms with Gasteiger partial charge in [0.15, 0.2) is 0 Å². The molecule has 0 aliphatic heterocycles. The molecule has 0 amide bonds. The molecular formula is C45H66N2O. The van der Waals surface area contributed by atoms with Crippen molar-refractivity contribution in [3.63, 3.8) is 0 Å². The summed E-state index contributed by atoms with van der Waals surface area (Å²) in [6.07, 6.45) is 26.3. The molecule has 0 saturated heterocycles. The first-order valence-corrected chi connectivity index (χ1v) is 18.6. The third kappa shape index (κ3) is 13.1. The van der Waals surface area contributed by atoms with Crippen LogP contribution < -0.4 is 4.74 Å². The second kappa shape index (κ2) is 22.1. The predicted octanol–water partition coefficient (Wildman–Crippen LogP) is 12.8. The van der Waals surface area contributed by atoms with Gasteiger partial charge in [0.1, 0.15) is 12.4 Å². The van der Waals surface area contributed by atoms with Gasteiger partial charge in [-0.05, 0) is 132 Å². The molecule has 0 N–H and O–H groups in total. The second-order valence-corrected chi connectivity index (χ2v) is 13.3. The van der Waals surface area contributed by atoms with Crippen molar-refractivity contribution in [1.82, 2.24) is 4.90 Å². The zero-order chi connectivity index (χ0) is 35.5. The molecule has 1 atom stereocenters. The van der Waals surface area contributed by atoms with E-state index in [4.69, 9.17) is 9.73 Å². The number of benzene rings is 1. The highest BCUT2D eigenvalue weighted by Gasteiger charge is 2.16. The summed E-state index contributed by atoms with van der Waals surface area (Å²) in [6, 6.07) is 6.54. The van der Waals surface area contributed by atoms with Crippen LogP contribution in [0.5, 0.6) is 5.75 Å². The Bertz CT molecular complexity index is 1430. The van der Waals surface area contributed by atoms with Crippen LogP contribution >= 0.6 is 0 Å². The normalized spacial score (nSPS) is 15.7. The molecule has 0 heterocycles. The first kappa shape index (κ1) is 40.6. The quantitative estimate of drug-likeness (QED) is 0.0797. The highest BCUT2D eigenvalue weighted by atomic mass is 16.5. The van der Waals surface area contributed by atoms with Crippen molar-refractivity contribution in [1.29, 1.82) is 0 Å². The average Bonchev–Trinajstić information content (AvgIpc) is 3.29. The van der Waals surface area contributed by atoms with E-state index in [2.05, 4.69) is 148 Å². The zero-order valence-corrected chi connectivity index (χ0v) is 32.2. The minimum absolute atomic E-state index is 0.417. The molecule has 1 unspecified atom stereocenters. The fourth-order valence-corrected chi connectivity index (χ4v) is 6.10. The number of hydrogen-bond donors (Lipinski definition) is 0. The molecule has 0 bridgehead atoms. The maximum absolute atomic E-state index is 6.54. The van der Waals surface area contributed by atoms with Gasteiger partial charge >= 0.3 is 0 Å². The number of nitrogens with zero attached hydrogens (tertiary/aromatic N) is 2. The lowest BCUT2D eigenvalue weighted by Gasteiger charge is -2.27. The largest absolute Gasteiger partial charge is 0.489 e. The third-order valence-corrected chi connectivity index (χ3v) is 9.07. The molecular weight excluding hydrogens is 585 g/mol. The molecule has 0 fully saturated rings. The summed E-state index contributed by atoms with van der Waals surface area (Å²) >= 11 is 0. The van der Waals surface area contributed by atoms with Gasteiger partial charge in [-0.1, -0.05) is 101 Å². The number of allylic oxidation sites excluding steroid dienone is 12. The summed E-state index contributed by atoms with van der Waals surface area (Å²) in [7, 11) is 0. The van der Waals surface area contributed by atoms with Gasteiger partial charge in [0, 0.05) is 35.8 Å². The van der Waals surface area contributed by atoms with E-state index in [0.29, 0.717) is 12.5 Å². The maximum atomic E-state index is 6.54. The van der Waals surface area contributed by atoms with Crippen LogP contribution in [0.15, 0.2) is 118 Å². The van der Waals surface area contributed by atoms with Crippen molar-refractivity contribution in [2.75, 3.05) is 19.7 Å². The maximum Gasteiger partial charge on any atom is 0.122 e.